The monoisotopic (exact) mass is 382 g/mol. The molecule has 0 aliphatic carbocycles. The van der Waals surface area contributed by atoms with Crippen LogP contribution in [-0.2, 0) is 0 Å². The van der Waals surface area contributed by atoms with Gasteiger partial charge in [0.05, 0.1) is 0 Å². The minimum absolute atomic E-state index is 0.0781. The van der Waals surface area contributed by atoms with Crippen molar-refractivity contribution in [2.75, 3.05) is 13.1 Å². The highest BCUT2D eigenvalue weighted by molar-refractivity contribution is 5.96. The molecule has 0 spiro atoms. The first-order chi connectivity index (χ1) is 14.2. The molecule has 0 saturated heterocycles. The van der Waals surface area contributed by atoms with E-state index in [0.29, 0.717) is 13.1 Å². The second-order valence-corrected chi connectivity index (χ2v) is 7.42. The minimum Gasteiger partial charge on any atom is -0.346 e. The molecule has 4 aromatic rings. The molecule has 29 heavy (non-hydrogen) atoms. The fourth-order valence-electron chi connectivity index (χ4n) is 4.02. The van der Waals surface area contributed by atoms with Crippen molar-refractivity contribution in [2.24, 2.45) is 0 Å². The summed E-state index contributed by atoms with van der Waals surface area (Å²) in [5.41, 5.74) is 6.27. The predicted octanol–water partition coefficient (Wildman–Crippen LogP) is 4.59. The van der Waals surface area contributed by atoms with Crippen LogP contribution >= 0.6 is 0 Å². The lowest BCUT2D eigenvalue weighted by atomic mass is 9.99. The van der Waals surface area contributed by atoms with Gasteiger partial charge in [-0.1, -0.05) is 12.1 Å². The summed E-state index contributed by atoms with van der Waals surface area (Å²) in [4.78, 5) is 22.6. The Balaban J connectivity index is 1.38. The van der Waals surface area contributed by atoms with Gasteiger partial charge in [-0.15, -0.1) is 0 Å². The highest BCUT2D eigenvalue weighted by atomic mass is 16.2. The lowest BCUT2D eigenvalue weighted by Crippen LogP contribution is -2.34. The molecule has 5 nitrogen and oxygen atoms in total. The molecule has 0 saturated carbocycles. The number of nitrogens with one attached hydrogen (secondary N) is 1. The maximum absolute atomic E-state index is 13.1. The largest absolute Gasteiger partial charge is 0.346 e. The smallest absolute Gasteiger partial charge is 0.254 e. The fourth-order valence-corrected chi connectivity index (χ4v) is 4.02. The number of aromatic amines is 1. The zero-order chi connectivity index (χ0) is 19.8. The van der Waals surface area contributed by atoms with Crippen molar-refractivity contribution < 1.29 is 4.79 Å². The van der Waals surface area contributed by atoms with Crippen LogP contribution in [0.5, 0.6) is 0 Å². The van der Waals surface area contributed by atoms with E-state index in [0.717, 1.165) is 34.3 Å². The molecule has 1 aliphatic rings. The number of fused-ring (bicyclic) bond motifs is 1. The SMILES string of the molecule is Cc1ccc(C(=O)N2CC=C(c3c[nH]c4ncccc34)CC2)cc1-n1cccc1. The Bertz CT molecular complexity index is 1220. The maximum Gasteiger partial charge on any atom is 0.254 e. The Kier molecular flexibility index (Phi) is 4.28. The van der Waals surface area contributed by atoms with Gasteiger partial charge in [-0.3, -0.25) is 4.79 Å². The van der Waals surface area contributed by atoms with Crippen LogP contribution in [0.1, 0.15) is 27.9 Å². The number of pyridine rings is 1. The third kappa shape index (κ3) is 3.14. The molecule has 0 fully saturated rings. The number of hydrogen-bond donors (Lipinski definition) is 1. The van der Waals surface area contributed by atoms with Gasteiger partial charge in [0.2, 0.25) is 0 Å². The van der Waals surface area contributed by atoms with Crippen LogP contribution in [0.3, 0.4) is 0 Å². The summed E-state index contributed by atoms with van der Waals surface area (Å²) in [6.07, 6.45) is 10.8. The normalized spacial score (nSPS) is 14.2. The first-order valence-corrected chi connectivity index (χ1v) is 9.85. The van der Waals surface area contributed by atoms with E-state index in [2.05, 4.69) is 29.0 Å². The summed E-state index contributed by atoms with van der Waals surface area (Å²) in [6, 6.07) is 14.0. The molecule has 3 aromatic heterocycles. The zero-order valence-corrected chi connectivity index (χ0v) is 16.3. The van der Waals surface area contributed by atoms with E-state index < -0.39 is 0 Å². The molecule has 4 heterocycles. The maximum atomic E-state index is 13.1. The molecule has 1 aliphatic heterocycles. The van der Waals surface area contributed by atoms with E-state index >= 15 is 0 Å². The van der Waals surface area contributed by atoms with Crippen molar-refractivity contribution in [1.29, 1.82) is 0 Å². The molecule has 1 N–H and O–H groups in total. The Morgan fingerprint density at radius 2 is 2.00 bits per heavy atom. The minimum atomic E-state index is 0.0781. The number of benzene rings is 1. The van der Waals surface area contributed by atoms with Gasteiger partial charge in [-0.25, -0.2) is 4.98 Å². The number of carbonyl (C=O) groups is 1. The zero-order valence-electron chi connectivity index (χ0n) is 16.3. The van der Waals surface area contributed by atoms with E-state index in [1.165, 1.54) is 11.1 Å². The molecule has 1 aromatic carbocycles. The molecular formula is C24H22N4O. The van der Waals surface area contributed by atoms with Crippen LogP contribution in [0.15, 0.2) is 73.3 Å². The van der Waals surface area contributed by atoms with Gasteiger partial charge in [0.25, 0.3) is 5.91 Å². The highest BCUT2D eigenvalue weighted by Crippen LogP contribution is 2.29. The standard InChI is InChI=1S/C24H22N4O/c1-17-6-7-19(15-22(17)27-11-2-3-12-27)24(29)28-13-8-18(9-14-28)21-16-26-23-20(21)5-4-10-25-23/h2-8,10-12,15-16H,9,13-14H2,1H3,(H,25,26). The van der Waals surface area contributed by atoms with Gasteiger partial charge >= 0.3 is 0 Å². The van der Waals surface area contributed by atoms with Crippen LogP contribution in [-0.4, -0.2) is 38.4 Å². The number of rotatable bonds is 3. The number of amides is 1. The van der Waals surface area contributed by atoms with Gasteiger partial charge in [-0.2, -0.15) is 0 Å². The molecule has 0 bridgehead atoms. The number of nitrogens with zero attached hydrogens (tertiary/aromatic N) is 3. The van der Waals surface area contributed by atoms with Gasteiger partial charge < -0.3 is 14.5 Å². The van der Waals surface area contributed by atoms with Gasteiger partial charge in [-0.05, 0) is 60.9 Å². The molecule has 0 unspecified atom stereocenters. The quantitative estimate of drug-likeness (QED) is 0.563. The second kappa shape index (κ2) is 7.09. The van der Waals surface area contributed by atoms with Gasteiger partial charge in [0.1, 0.15) is 5.65 Å². The Hall–Kier alpha value is -3.60. The number of hydrogen-bond acceptors (Lipinski definition) is 2. The number of H-pyrrole nitrogens is 1. The second-order valence-electron chi connectivity index (χ2n) is 7.42. The lowest BCUT2D eigenvalue weighted by Gasteiger charge is -2.27. The molecule has 0 radical (unpaired) electrons. The molecule has 0 atom stereocenters. The number of aromatic nitrogens is 3. The number of carbonyl (C=O) groups excluding carboxylic acids is 1. The molecule has 1 amide bonds. The van der Waals surface area contributed by atoms with E-state index in [4.69, 9.17) is 0 Å². The van der Waals surface area contributed by atoms with Crippen molar-refractivity contribution in [3.8, 4) is 5.69 Å². The van der Waals surface area contributed by atoms with E-state index in [1.54, 1.807) is 6.20 Å². The fraction of sp³-hybridized carbons (Fsp3) is 0.167. The van der Waals surface area contributed by atoms with Gasteiger partial charge in [0.15, 0.2) is 0 Å². The topological polar surface area (TPSA) is 53.9 Å². The lowest BCUT2D eigenvalue weighted by molar-refractivity contribution is 0.0773. The summed E-state index contributed by atoms with van der Waals surface area (Å²) in [5.74, 6) is 0.0781. The van der Waals surface area contributed by atoms with Crippen molar-refractivity contribution in [3.05, 3.63) is 90.0 Å². The molecule has 5 heteroatoms. The number of aryl methyl sites for hydroxylation is 1. The summed E-state index contributed by atoms with van der Waals surface area (Å²) >= 11 is 0. The summed E-state index contributed by atoms with van der Waals surface area (Å²) in [6.45, 7) is 3.40. The van der Waals surface area contributed by atoms with Crippen molar-refractivity contribution in [1.82, 2.24) is 19.4 Å². The van der Waals surface area contributed by atoms with Crippen LogP contribution in [0.4, 0.5) is 0 Å². The first-order valence-electron chi connectivity index (χ1n) is 9.85. The molecule has 144 valence electrons. The van der Waals surface area contributed by atoms with E-state index in [9.17, 15) is 4.79 Å². The summed E-state index contributed by atoms with van der Waals surface area (Å²) in [5, 5.41) is 1.13. The average molecular weight is 382 g/mol. The van der Waals surface area contributed by atoms with Crippen LogP contribution < -0.4 is 0 Å². The Labute approximate surface area is 169 Å². The van der Waals surface area contributed by atoms with Crippen molar-refractivity contribution in [2.45, 2.75) is 13.3 Å². The van der Waals surface area contributed by atoms with Crippen molar-refractivity contribution >= 4 is 22.5 Å². The predicted molar refractivity (Wildman–Crippen MR) is 115 cm³/mol. The summed E-state index contributed by atoms with van der Waals surface area (Å²) in [7, 11) is 0. The highest BCUT2D eigenvalue weighted by Gasteiger charge is 2.21. The third-order valence-corrected chi connectivity index (χ3v) is 5.63. The van der Waals surface area contributed by atoms with Crippen LogP contribution in [0, 0.1) is 6.92 Å². The summed E-state index contributed by atoms with van der Waals surface area (Å²) < 4.78 is 2.05. The van der Waals surface area contributed by atoms with Crippen LogP contribution in [0.25, 0.3) is 22.3 Å². The molecule has 5 rings (SSSR count). The van der Waals surface area contributed by atoms with E-state index in [1.807, 2.05) is 64.5 Å². The van der Waals surface area contributed by atoms with Crippen LogP contribution in [0.2, 0.25) is 0 Å². The van der Waals surface area contributed by atoms with Crippen molar-refractivity contribution in [3.63, 3.8) is 0 Å². The Morgan fingerprint density at radius 3 is 2.79 bits per heavy atom. The van der Waals surface area contributed by atoms with E-state index in [-0.39, 0.29) is 5.91 Å². The van der Waals surface area contributed by atoms with Gasteiger partial charge in [0, 0.05) is 60.1 Å². The third-order valence-electron chi connectivity index (χ3n) is 5.63. The molecular weight excluding hydrogens is 360 g/mol. The average Bonchev–Trinajstić information content (AvgIpc) is 3.44. The Morgan fingerprint density at radius 1 is 1.14 bits per heavy atom. The first kappa shape index (κ1) is 17.5.